The molecule has 4 nitrogen and oxygen atoms in total. The van der Waals surface area contributed by atoms with E-state index < -0.39 is 0 Å². The van der Waals surface area contributed by atoms with Gasteiger partial charge < -0.3 is 15.0 Å². The first-order valence-corrected chi connectivity index (χ1v) is 7.98. The van der Waals surface area contributed by atoms with Crippen molar-refractivity contribution < 1.29 is 9.53 Å². The van der Waals surface area contributed by atoms with E-state index in [0.717, 1.165) is 51.0 Å². The van der Waals surface area contributed by atoms with Crippen LogP contribution < -0.4 is 10.1 Å². The summed E-state index contributed by atoms with van der Waals surface area (Å²) in [6, 6.07) is 5.70. The number of amides is 1. The first-order valence-electron chi connectivity index (χ1n) is 7.60. The Morgan fingerprint density at radius 2 is 2.14 bits per heavy atom. The Bertz CT molecular complexity index is 473. The van der Waals surface area contributed by atoms with Crippen LogP contribution in [0.4, 0.5) is 0 Å². The van der Waals surface area contributed by atoms with Crippen LogP contribution in [-0.4, -0.2) is 37.0 Å². The highest BCUT2D eigenvalue weighted by atomic mass is 35.5. The van der Waals surface area contributed by atoms with Gasteiger partial charge in [0.25, 0.3) is 5.91 Å². The highest BCUT2D eigenvalue weighted by Crippen LogP contribution is 2.25. The van der Waals surface area contributed by atoms with E-state index in [9.17, 15) is 4.79 Å². The van der Waals surface area contributed by atoms with Crippen molar-refractivity contribution in [2.45, 2.75) is 32.7 Å². The molecule has 0 aliphatic carbocycles. The highest BCUT2D eigenvalue weighted by molar-refractivity contribution is 6.32. The third-order valence-electron chi connectivity index (χ3n) is 3.56. The number of benzene rings is 1. The van der Waals surface area contributed by atoms with Gasteiger partial charge in [-0.3, -0.25) is 4.79 Å². The van der Waals surface area contributed by atoms with E-state index in [4.69, 9.17) is 16.3 Å². The number of hydrogen-bond acceptors (Lipinski definition) is 3. The van der Waals surface area contributed by atoms with Gasteiger partial charge >= 0.3 is 0 Å². The van der Waals surface area contributed by atoms with Crippen LogP contribution in [0.5, 0.6) is 5.75 Å². The summed E-state index contributed by atoms with van der Waals surface area (Å²) in [5.74, 6) is 0.612. The smallest absolute Gasteiger partial charge is 0.260 e. The molecule has 21 heavy (non-hydrogen) atoms. The molecular weight excluding hydrogens is 288 g/mol. The lowest BCUT2D eigenvalue weighted by Crippen LogP contribution is -2.32. The van der Waals surface area contributed by atoms with E-state index in [1.54, 1.807) is 0 Å². The summed E-state index contributed by atoms with van der Waals surface area (Å²) in [5, 5.41) is 3.88. The van der Waals surface area contributed by atoms with Crippen molar-refractivity contribution in [2.75, 3.05) is 26.2 Å². The third kappa shape index (κ3) is 4.90. The number of nitrogens with zero attached hydrogens (tertiary/aromatic N) is 1. The molecule has 2 rings (SSSR count). The zero-order valence-electron chi connectivity index (χ0n) is 12.5. The second-order valence-corrected chi connectivity index (χ2v) is 5.73. The second kappa shape index (κ2) is 8.25. The molecule has 1 N–H and O–H groups in total. The van der Waals surface area contributed by atoms with Crippen LogP contribution in [0.3, 0.4) is 0 Å². The summed E-state index contributed by atoms with van der Waals surface area (Å²) in [7, 11) is 0. The van der Waals surface area contributed by atoms with Gasteiger partial charge in [0.15, 0.2) is 6.61 Å². The van der Waals surface area contributed by atoms with Crippen LogP contribution >= 0.6 is 11.6 Å². The predicted octanol–water partition coefficient (Wildman–Crippen LogP) is 2.84. The highest BCUT2D eigenvalue weighted by Gasteiger charge is 2.18. The third-order valence-corrected chi connectivity index (χ3v) is 3.86. The molecule has 0 radical (unpaired) electrons. The van der Waals surface area contributed by atoms with E-state index in [0.29, 0.717) is 10.8 Å². The molecule has 1 aromatic carbocycles. The average molecular weight is 311 g/mol. The Kier molecular flexibility index (Phi) is 6.33. The largest absolute Gasteiger partial charge is 0.482 e. The SMILES string of the molecule is CCCNCc1ccc(OCC(=O)N2CCCC2)c(Cl)c1. The van der Waals surface area contributed by atoms with E-state index in [-0.39, 0.29) is 12.5 Å². The molecule has 116 valence electrons. The van der Waals surface area contributed by atoms with Crippen LogP contribution in [0.15, 0.2) is 18.2 Å². The molecule has 0 bridgehead atoms. The molecule has 0 unspecified atom stereocenters. The van der Waals surface area contributed by atoms with Crippen molar-refractivity contribution in [3.05, 3.63) is 28.8 Å². The number of rotatable bonds is 7. The molecule has 0 spiro atoms. The van der Waals surface area contributed by atoms with E-state index in [1.807, 2.05) is 23.1 Å². The van der Waals surface area contributed by atoms with Crippen molar-refractivity contribution in [3.8, 4) is 5.75 Å². The Hall–Kier alpha value is -1.26. The van der Waals surface area contributed by atoms with Crippen molar-refractivity contribution in [1.82, 2.24) is 10.2 Å². The zero-order chi connectivity index (χ0) is 15.1. The molecule has 1 aliphatic heterocycles. The van der Waals surface area contributed by atoms with Gasteiger partial charge in [-0.05, 0) is 43.5 Å². The fourth-order valence-electron chi connectivity index (χ4n) is 2.38. The zero-order valence-corrected chi connectivity index (χ0v) is 13.3. The van der Waals surface area contributed by atoms with Gasteiger partial charge in [-0.15, -0.1) is 0 Å². The van der Waals surface area contributed by atoms with Crippen molar-refractivity contribution in [1.29, 1.82) is 0 Å². The molecular formula is C16H23ClN2O2. The van der Waals surface area contributed by atoms with Crippen LogP contribution in [0.25, 0.3) is 0 Å². The van der Waals surface area contributed by atoms with Crippen LogP contribution in [0, 0.1) is 0 Å². The van der Waals surface area contributed by atoms with E-state index in [1.165, 1.54) is 0 Å². The number of nitrogens with one attached hydrogen (secondary N) is 1. The molecule has 1 aliphatic rings. The standard InChI is InChI=1S/C16H23ClN2O2/c1-2-7-18-11-13-5-6-15(14(17)10-13)21-12-16(20)19-8-3-4-9-19/h5-6,10,18H,2-4,7-9,11-12H2,1H3. The Balaban J connectivity index is 1.84. The van der Waals surface area contributed by atoms with Gasteiger partial charge in [0.2, 0.25) is 0 Å². The van der Waals surface area contributed by atoms with Crippen molar-refractivity contribution >= 4 is 17.5 Å². The van der Waals surface area contributed by atoms with Crippen LogP contribution in [0.2, 0.25) is 5.02 Å². The topological polar surface area (TPSA) is 41.6 Å². The minimum atomic E-state index is 0.0391. The fourth-order valence-corrected chi connectivity index (χ4v) is 2.64. The Labute approximate surface area is 131 Å². The van der Waals surface area contributed by atoms with Crippen molar-refractivity contribution in [2.24, 2.45) is 0 Å². The molecule has 1 amide bonds. The van der Waals surface area contributed by atoms with Crippen molar-refractivity contribution in [3.63, 3.8) is 0 Å². The van der Waals surface area contributed by atoms with Gasteiger partial charge in [0, 0.05) is 19.6 Å². The average Bonchev–Trinajstić information content (AvgIpc) is 3.00. The summed E-state index contributed by atoms with van der Waals surface area (Å²) in [6.07, 6.45) is 3.28. The monoisotopic (exact) mass is 310 g/mol. The van der Waals surface area contributed by atoms with Gasteiger partial charge in [0.05, 0.1) is 5.02 Å². The quantitative estimate of drug-likeness (QED) is 0.787. The summed E-state index contributed by atoms with van der Waals surface area (Å²) < 4.78 is 5.55. The minimum Gasteiger partial charge on any atom is -0.482 e. The Morgan fingerprint density at radius 1 is 1.38 bits per heavy atom. The normalized spacial score (nSPS) is 14.5. The summed E-state index contributed by atoms with van der Waals surface area (Å²) >= 11 is 6.21. The lowest BCUT2D eigenvalue weighted by molar-refractivity contribution is -0.132. The number of likely N-dealkylation sites (tertiary alicyclic amines) is 1. The first kappa shape index (κ1) is 16.1. The van der Waals surface area contributed by atoms with Gasteiger partial charge in [-0.2, -0.15) is 0 Å². The number of halogens is 1. The van der Waals surface area contributed by atoms with Crippen LogP contribution in [0.1, 0.15) is 31.7 Å². The second-order valence-electron chi connectivity index (χ2n) is 5.32. The van der Waals surface area contributed by atoms with Crippen LogP contribution in [-0.2, 0) is 11.3 Å². The molecule has 0 aromatic heterocycles. The molecule has 1 fully saturated rings. The first-order chi connectivity index (χ1) is 10.2. The molecule has 0 atom stereocenters. The van der Waals surface area contributed by atoms with Gasteiger partial charge in [0.1, 0.15) is 5.75 Å². The summed E-state index contributed by atoms with van der Waals surface area (Å²) in [6.45, 7) is 5.66. The maximum absolute atomic E-state index is 11.9. The molecule has 0 saturated carbocycles. The molecule has 1 aromatic rings. The van der Waals surface area contributed by atoms with Gasteiger partial charge in [-0.1, -0.05) is 24.6 Å². The molecule has 5 heteroatoms. The van der Waals surface area contributed by atoms with E-state index >= 15 is 0 Å². The number of hydrogen-bond donors (Lipinski definition) is 1. The maximum atomic E-state index is 11.9. The van der Waals surface area contributed by atoms with E-state index in [2.05, 4.69) is 12.2 Å². The predicted molar refractivity (Wildman–Crippen MR) is 84.8 cm³/mol. The fraction of sp³-hybridized carbons (Fsp3) is 0.562. The number of carbonyl (C=O) groups is 1. The lowest BCUT2D eigenvalue weighted by Gasteiger charge is -2.16. The molecule has 1 heterocycles. The Morgan fingerprint density at radius 3 is 2.81 bits per heavy atom. The summed E-state index contributed by atoms with van der Waals surface area (Å²) in [5.41, 5.74) is 1.12. The number of ether oxygens (including phenoxy) is 1. The number of carbonyl (C=O) groups excluding carboxylic acids is 1. The maximum Gasteiger partial charge on any atom is 0.260 e. The van der Waals surface area contributed by atoms with Gasteiger partial charge in [-0.25, -0.2) is 0 Å². The molecule has 1 saturated heterocycles. The minimum absolute atomic E-state index is 0.0391. The lowest BCUT2D eigenvalue weighted by atomic mass is 10.2. The summed E-state index contributed by atoms with van der Waals surface area (Å²) in [4.78, 5) is 13.8.